The number of aliphatic imine (C=N–C) groups is 1. The molecular formula is C18H22N2O3. The highest BCUT2D eigenvalue weighted by Crippen LogP contribution is 2.27. The zero-order chi connectivity index (χ0) is 16.4. The molecule has 0 radical (unpaired) electrons. The standard InChI is InChI=1S/C18H22N2O3/c1-18(2)12-13-5-3-4-6-14(13)15(19-18)11-16(21)17(22)20-7-9-23-10-8-20/h3-6H,7-12H2,1-2H3. The molecule has 2 heterocycles. The minimum atomic E-state index is -0.420. The van der Waals surface area contributed by atoms with Crippen LogP contribution in [0.4, 0.5) is 0 Å². The maximum Gasteiger partial charge on any atom is 0.290 e. The molecule has 122 valence electrons. The summed E-state index contributed by atoms with van der Waals surface area (Å²) >= 11 is 0. The number of hydrogen-bond acceptors (Lipinski definition) is 4. The number of amides is 1. The highest BCUT2D eigenvalue weighted by atomic mass is 16.5. The van der Waals surface area contributed by atoms with Crippen molar-refractivity contribution in [3.05, 3.63) is 35.4 Å². The lowest BCUT2D eigenvalue weighted by molar-refractivity contribution is -0.146. The van der Waals surface area contributed by atoms with E-state index >= 15 is 0 Å². The van der Waals surface area contributed by atoms with Crippen molar-refractivity contribution < 1.29 is 14.3 Å². The highest BCUT2D eigenvalue weighted by Gasteiger charge is 2.30. The predicted molar refractivity (Wildman–Crippen MR) is 87.8 cm³/mol. The van der Waals surface area contributed by atoms with Gasteiger partial charge in [-0.15, -0.1) is 0 Å². The van der Waals surface area contributed by atoms with Crippen molar-refractivity contribution >= 4 is 17.4 Å². The molecule has 1 aromatic carbocycles. The van der Waals surface area contributed by atoms with Gasteiger partial charge in [-0.3, -0.25) is 14.6 Å². The normalized spacial score (nSPS) is 19.7. The first kappa shape index (κ1) is 15.9. The molecular weight excluding hydrogens is 292 g/mol. The van der Waals surface area contributed by atoms with Crippen LogP contribution in [0.25, 0.3) is 0 Å². The predicted octanol–water partition coefficient (Wildman–Crippen LogP) is 1.63. The van der Waals surface area contributed by atoms with Crippen molar-refractivity contribution in [2.24, 2.45) is 4.99 Å². The minimum Gasteiger partial charge on any atom is -0.378 e. The number of ketones is 1. The van der Waals surface area contributed by atoms with E-state index in [0.29, 0.717) is 26.3 Å². The summed E-state index contributed by atoms with van der Waals surface area (Å²) in [6.07, 6.45) is 0.912. The van der Waals surface area contributed by atoms with E-state index < -0.39 is 11.7 Å². The van der Waals surface area contributed by atoms with Gasteiger partial charge in [0.15, 0.2) is 0 Å². The molecule has 0 unspecified atom stereocenters. The van der Waals surface area contributed by atoms with Gasteiger partial charge < -0.3 is 9.64 Å². The molecule has 1 fully saturated rings. The van der Waals surface area contributed by atoms with Crippen molar-refractivity contribution in [1.82, 2.24) is 4.90 Å². The Morgan fingerprint density at radius 1 is 1.22 bits per heavy atom. The molecule has 0 atom stereocenters. The van der Waals surface area contributed by atoms with E-state index in [0.717, 1.165) is 17.7 Å². The SMILES string of the molecule is CC1(C)Cc2ccccc2C(CC(=O)C(=O)N2CCOCC2)=N1. The molecule has 3 rings (SSSR count). The molecule has 1 amide bonds. The molecule has 2 aliphatic heterocycles. The molecule has 0 bridgehead atoms. The van der Waals surface area contributed by atoms with Gasteiger partial charge in [-0.1, -0.05) is 24.3 Å². The number of nitrogens with zero attached hydrogens (tertiary/aromatic N) is 2. The number of rotatable bonds is 3. The fraction of sp³-hybridized carbons (Fsp3) is 0.500. The van der Waals surface area contributed by atoms with Gasteiger partial charge in [0.1, 0.15) is 0 Å². The molecule has 1 aromatic rings. The van der Waals surface area contributed by atoms with Crippen LogP contribution in [0, 0.1) is 0 Å². The first-order chi connectivity index (χ1) is 11.0. The first-order valence-corrected chi connectivity index (χ1v) is 8.03. The van der Waals surface area contributed by atoms with Gasteiger partial charge in [0.25, 0.3) is 5.91 Å². The molecule has 23 heavy (non-hydrogen) atoms. The smallest absolute Gasteiger partial charge is 0.290 e. The summed E-state index contributed by atoms with van der Waals surface area (Å²) in [7, 11) is 0. The fourth-order valence-corrected chi connectivity index (χ4v) is 3.19. The molecule has 1 saturated heterocycles. The second kappa shape index (κ2) is 6.24. The number of morpholine rings is 1. The second-order valence-corrected chi connectivity index (χ2v) is 6.71. The van der Waals surface area contributed by atoms with Crippen LogP contribution >= 0.6 is 0 Å². The Hall–Kier alpha value is -2.01. The van der Waals surface area contributed by atoms with E-state index in [1.54, 1.807) is 4.90 Å². The lowest BCUT2D eigenvalue weighted by Crippen LogP contribution is -2.44. The van der Waals surface area contributed by atoms with Crippen molar-refractivity contribution in [2.45, 2.75) is 32.2 Å². The molecule has 0 aliphatic carbocycles. The second-order valence-electron chi connectivity index (χ2n) is 6.71. The average Bonchev–Trinajstić information content (AvgIpc) is 2.54. The van der Waals surface area contributed by atoms with Crippen molar-refractivity contribution in [2.75, 3.05) is 26.3 Å². The van der Waals surface area contributed by atoms with Crippen LogP contribution in [0.5, 0.6) is 0 Å². The van der Waals surface area contributed by atoms with Gasteiger partial charge >= 0.3 is 0 Å². The maximum absolute atomic E-state index is 12.4. The number of ether oxygens (including phenoxy) is 1. The number of benzene rings is 1. The fourth-order valence-electron chi connectivity index (χ4n) is 3.19. The third-order valence-electron chi connectivity index (χ3n) is 4.25. The average molecular weight is 314 g/mol. The monoisotopic (exact) mass is 314 g/mol. The summed E-state index contributed by atoms with van der Waals surface area (Å²) in [5.41, 5.74) is 2.67. The van der Waals surface area contributed by atoms with Crippen LogP contribution in [0.1, 0.15) is 31.4 Å². The third kappa shape index (κ3) is 3.50. The zero-order valence-electron chi connectivity index (χ0n) is 13.7. The summed E-state index contributed by atoms with van der Waals surface area (Å²) in [5.74, 6) is -0.810. The van der Waals surface area contributed by atoms with Crippen LogP contribution in [0.15, 0.2) is 29.3 Å². The molecule has 0 spiro atoms. The number of hydrogen-bond donors (Lipinski definition) is 0. The zero-order valence-corrected chi connectivity index (χ0v) is 13.7. The minimum absolute atomic E-state index is 0.0661. The van der Waals surface area contributed by atoms with Crippen LogP contribution in [-0.2, 0) is 20.7 Å². The maximum atomic E-state index is 12.4. The quantitative estimate of drug-likeness (QED) is 0.797. The number of carbonyl (C=O) groups is 2. The van der Waals surface area contributed by atoms with Gasteiger partial charge in [-0.25, -0.2) is 0 Å². The van der Waals surface area contributed by atoms with Gasteiger partial charge in [-0.05, 0) is 31.4 Å². The van der Waals surface area contributed by atoms with Gasteiger partial charge in [0.05, 0.1) is 30.9 Å². The van der Waals surface area contributed by atoms with E-state index in [-0.39, 0.29) is 12.0 Å². The molecule has 2 aliphatic rings. The molecule has 5 heteroatoms. The van der Waals surface area contributed by atoms with Gasteiger partial charge in [0, 0.05) is 13.1 Å². The van der Waals surface area contributed by atoms with E-state index in [2.05, 4.69) is 19.9 Å². The topological polar surface area (TPSA) is 59.0 Å². The Morgan fingerprint density at radius 2 is 1.91 bits per heavy atom. The van der Waals surface area contributed by atoms with Gasteiger partial charge in [-0.2, -0.15) is 0 Å². The van der Waals surface area contributed by atoms with E-state index in [1.807, 2.05) is 18.2 Å². The van der Waals surface area contributed by atoms with Crippen molar-refractivity contribution in [3.8, 4) is 0 Å². The van der Waals surface area contributed by atoms with Crippen LogP contribution in [0.2, 0.25) is 0 Å². The van der Waals surface area contributed by atoms with Crippen LogP contribution in [-0.4, -0.2) is 54.1 Å². The number of Topliss-reactive ketones (excluding diaryl/α,β-unsaturated/α-hetero) is 1. The Kier molecular flexibility index (Phi) is 4.31. The lowest BCUT2D eigenvalue weighted by atomic mass is 9.85. The number of fused-ring (bicyclic) bond motifs is 1. The summed E-state index contributed by atoms with van der Waals surface area (Å²) < 4.78 is 5.22. The largest absolute Gasteiger partial charge is 0.378 e. The lowest BCUT2D eigenvalue weighted by Gasteiger charge is -2.29. The summed E-state index contributed by atoms with van der Waals surface area (Å²) in [5, 5.41) is 0. The van der Waals surface area contributed by atoms with Crippen LogP contribution < -0.4 is 0 Å². The Labute approximate surface area is 136 Å². The van der Waals surface area contributed by atoms with Crippen molar-refractivity contribution in [3.63, 3.8) is 0 Å². The summed E-state index contributed by atoms with van der Waals surface area (Å²) in [6, 6.07) is 8.00. The van der Waals surface area contributed by atoms with E-state index in [4.69, 9.17) is 9.73 Å². The van der Waals surface area contributed by atoms with Crippen LogP contribution in [0.3, 0.4) is 0 Å². The van der Waals surface area contributed by atoms with Gasteiger partial charge in [0.2, 0.25) is 5.78 Å². The molecule has 0 N–H and O–H groups in total. The first-order valence-electron chi connectivity index (χ1n) is 8.03. The molecule has 0 saturated carbocycles. The Balaban J connectivity index is 1.79. The number of carbonyl (C=O) groups excluding carboxylic acids is 2. The highest BCUT2D eigenvalue weighted by molar-refractivity contribution is 6.40. The van der Waals surface area contributed by atoms with Crippen molar-refractivity contribution in [1.29, 1.82) is 0 Å². The summed E-state index contributed by atoms with van der Waals surface area (Å²) in [6.45, 7) is 6.07. The van der Waals surface area contributed by atoms with E-state index in [1.165, 1.54) is 5.56 Å². The summed E-state index contributed by atoms with van der Waals surface area (Å²) in [4.78, 5) is 31.0. The third-order valence-corrected chi connectivity index (χ3v) is 4.25. The molecule has 0 aromatic heterocycles. The Bertz CT molecular complexity index is 658. The van der Waals surface area contributed by atoms with E-state index in [9.17, 15) is 9.59 Å². The Morgan fingerprint density at radius 3 is 2.65 bits per heavy atom. The molecule has 5 nitrogen and oxygen atoms in total.